The van der Waals surface area contributed by atoms with Gasteiger partial charge in [0.1, 0.15) is 23.1 Å². The molecule has 2 aromatic carbocycles. The van der Waals surface area contributed by atoms with Gasteiger partial charge in [-0.25, -0.2) is 9.97 Å². The molecular weight excluding hydrogens is 448 g/mol. The molecule has 176 valence electrons. The number of nitrogens with one attached hydrogen (secondary N) is 4. The highest BCUT2D eigenvalue weighted by atomic mass is 35.5. The van der Waals surface area contributed by atoms with Gasteiger partial charge in [0.15, 0.2) is 0 Å². The van der Waals surface area contributed by atoms with Crippen molar-refractivity contribution in [2.24, 2.45) is 0 Å². The monoisotopic (exact) mass is 476 g/mol. The minimum absolute atomic E-state index is 0. The molecule has 6 rings (SSSR count). The van der Waals surface area contributed by atoms with Crippen LogP contribution in [0.2, 0.25) is 0 Å². The van der Waals surface area contributed by atoms with E-state index in [0.717, 1.165) is 71.6 Å². The molecule has 4 heterocycles. The summed E-state index contributed by atoms with van der Waals surface area (Å²) in [5, 5.41) is 6.97. The van der Waals surface area contributed by atoms with Crippen LogP contribution in [0.5, 0.6) is 11.5 Å². The fourth-order valence-corrected chi connectivity index (χ4v) is 4.72. The summed E-state index contributed by atoms with van der Waals surface area (Å²) in [5.41, 5.74) is 4.19. The number of nitrogens with zero attached hydrogens (tertiary/aromatic N) is 2. The molecule has 2 fully saturated rings. The van der Waals surface area contributed by atoms with Crippen molar-refractivity contribution in [2.45, 2.75) is 37.8 Å². The van der Waals surface area contributed by atoms with Crippen LogP contribution >= 0.6 is 12.4 Å². The predicted octanol–water partition coefficient (Wildman–Crippen LogP) is 5.53. The Morgan fingerprint density at radius 1 is 0.706 bits per heavy atom. The van der Waals surface area contributed by atoms with Crippen LogP contribution in [0, 0.1) is 0 Å². The Labute approximate surface area is 205 Å². The van der Waals surface area contributed by atoms with Crippen molar-refractivity contribution in [1.29, 1.82) is 0 Å². The van der Waals surface area contributed by atoms with Crippen LogP contribution in [0.3, 0.4) is 0 Å². The molecule has 2 atom stereocenters. The highest BCUT2D eigenvalue weighted by Crippen LogP contribution is 2.30. The summed E-state index contributed by atoms with van der Waals surface area (Å²) < 4.78 is 6.14. The van der Waals surface area contributed by atoms with Crippen molar-refractivity contribution in [3.63, 3.8) is 0 Å². The number of rotatable bonds is 6. The fourth-order valence-electron chi connectivity index (χ4n) is 4.72. The van der Waals surface area contributed by atoms with Gasteiger partial charge in [-0.05, 0) is 80.7 Å². The van der Waals surface area contributed by atoms with Crippen molar-refractivity contribution in [3.05, 3.63) is 72.6 Å². The van der Waals surface area contributed by atoms with E-state index in [1.165, 1.54) is 12.8 Å². The van der Waals surface area contributed by atoms with Gasteiger partial charge in [-0.3, -0.25) is 0 Å². The van der Waals surface area contributed by atoms with Crippen LogP contribution in [0.25, 0.3) is 22.5 Å². The Hall–Kier alpha value is -3.13. The molecule has 4 aromatic rings. The van der Waals surface area contributed by atoms with Crippen molar-refractivity contribution < 1.29 is 4.74 Å². The zero-order valence-corrected chi connectivity index (χ0v) is 19.7. The van der Waals surface area contributed by atoms with Crippen LogP contribution in [-0.4, -0.2) is 33.0 Å². The van der Waals surface area contributed by atoms with Gasteiger partial charge in [0.05, 0.1) is 35.9 Å². The van der Waals surface area contributed by atoms with E-state index >= 15 is 0 Å². The average molecular weight is 477 g/mol. The summed E-state index contributed by atoms with van der Waals surface area (Å²) in [6.07, 6.45) is 8.48. The molecule has 0 bridgehead atoms. The smallest absolute Gasteiger partial charge is 0.128 e. The Morgan fingerprint density at radius 3 is 1.91 bits per heavy atom. The number of aromatic amines is 2. The van der Waals surface area contributed by atoms with Gasteiger partial charge < -0.3 is 25.3 Å². The maximum Gasteiger partial charge on any atom is 0.128 e. The van der Waals surface area contributed by atoms with E-state index in [9.17, 15) is 0 Å². The minimum atomic E-state index is 0. The summed E-state index contributed by atoms with van der Waals surface area (Å²) >= 11 is 0. The Morgan fingerprint density at radius 2 is 1.32 bits per heavy atom. The lowest BCUT2D eigenvalue weighted by Gasteiger charge is -2.09. The van der Waals surface area contributed by atoms with Crippen LogP contribution < -0.4 is 15.4 Å². The number of hydrogen-bond acceptors (Lipinski definition) is 5. The van der Waals surface area contributed by atoms with Gasteiger partial charge in [-0.15, -0.1) is 12.4 Å². The quantitative estimate of drug-likeness (QED) is 0.294. The van der Waals surface area contributed by atoms with Gasteiger partial charge in [0, 0.05) is 5.56 Å². The molecule has 34 heavy (non-hydrogen) atoms. The SMILES string of the molecule is Cl.c1cc(Oc2ccc(-c3cnc(C4CCCN4)[nH]3)cc2)cc(-c2cnc(C3CCCN3)[nH]2)c1. The van der Waals surface area contributed by atoms with E-state index in [0.29, 0.717) is 12.1 Å². The van der Waals surface area contributed by atoms with Crippen molar-refractivity contribution >= 4 is 12.4 Å². The van der Waals surface area contributed by atoms with E-state index in [-0.39, 0.29) is 12.4 Å². The van der Waals surface area contributed by atoms with Crippen LogP contribution in [-0.2, 0) is 0 Å². The summed E-state index contributed by atoms with van der Waals surface area (Å²) in [6, 6.07) is 16.9. The summed E-state index contributed by atoms with van der Waals surface area (Å²) in [5.74, 6) is 3.63. The normalized spacial score (nSPS) is 19.8. The standard InChI is InChI=1S/C26H28N6O.ClH/c1-4-18(24-16-30-26(32-24)22-7-3-13-28-22)14-20(5-1)33-19-10-8-17(9-11-19)23-15-29-25(31-23)21-6-2-12-27-21;/h1,4-5,8-11,14-16,21-22,27-28H,2-3,6-7,12-13H2,(H,29,31)(H,30,32);1H. The fraction of sp³-hybridized carbons (Fsp3) is 0.308. The van der Waals surface area contributed by atoms with E-state index in [4.69, 9.17) is 4.74 Å². The number of aromatic nitrogens is 4. The maximum atomic E-state index is 6.14. The van der Waals surface area contributed by atoms with Crippen LogP contribution in [0.1, 0.15) is 49.4 Å². The third-order valence-electron chi connectivity index (χ3n) is 6.52. The van der Waals surface area contributed by atoms with E-state index in [2.05, 4.69) is 48.8 Å². The second-order valence-electron chi connectivity index (χ2n) is 8.82. The zero-order chi connectivity index (χ0) is 22.0. The molecule has 4 N–H and O–H groups in total. The van der Waals surface area contributed by atoms with Crippen molar-refractivity contribution in [2.75, 3.05) is 13.1 Å². The van der Waals surface area contributed by atoms with Gasteiger partial charge in [-0.1, -0.05) is 12.1 Å². The molecule has 0 radical (unpaired) electrons. The lowest BCUT2D eigenvalue weighted by atomic mass is 10.1. The number of ether oxygens (including phenoxy) is 1. The molecule has 2 aromatic heterocycles. The molecule has 2 aliphatic heterocycles. The molecule has 8 heteroatoms. The molecule has 0 saturated carbocycles. The number of hydrogen-bond donors (Lipinski definition) is 4. The van der Waals surface area contributed by atoms with Crippen LogP contribution in [0.4, 0.5) is 0 Å². The Bertz CT molecular complexity index is 1220. The zero-order valence-electron chi connectivity index (χ0n) is 18.9. The predicted molar refractivity (Wildman–Crippen MR) is 135 cm³/mol. The summed E-state index contributed by atoms with van der Waals surface area (Å²) in [7, 11) is 0. The summed E-state index contributed by atoms with van der Waals surface area (Å²) in [6.45, 7) is 2.12. The molecule has 2 saturated heterocycles. The number of benzene rings is 2. The molecule has 2 aliphatic rings. The summed E-state index contributed by atoms with van der Waals surface area (Å²) in [4.78, 5) is 16.1. The highest BCUT2D eigenvalue weighted by molar-refractivity contribution is 5.85. The molecule has 2 unspecified atom stereocenters. The van der Waals surface area contributed by atoms with Crippen molar-refractivity contribution in [3.8, 4) is 34.0 Å². The number of imidazole rings is 2. The third-order valence-corrected chi connectivity index (χ3v) is 6.52. The Kier molecular flexibility index (Phi) is 6.67. The van der Waals surface area contributed by atoms with E-state index in [1.807, 2.05) is 42.7 Å². The first-order chi connectivity index (χ1) is 16.3. The Balaban J connectivity index is 0.00000241. The first-order valence-electron chi connectivity index (χ1n) is 11.8. The molecule has 0 aliphatic carbocycles. The topological polar surface area (TPSA) is 90.7 Å². The lowest BCUT2D eigenvalue weighted by Crippen LogP contribution is -2.14. The first-order valence-corrected chi connectivity index (χ1v) is 11.8. The van der Waals surface area contributed by atoms with Gasteiger partial charge in [0.25, 0.3) is 0 Å². The van der Waals surface area contributed by atoms with Gasteiger partial charge in [-0.2, -0.15) is 0 Å². The first kappa shape index (κ1) is 22.7. The second kappa shape index (κ2) is 10.0. The molecule has 0 amide bonds. The molecular formula is C26H29ClN6O. The highest BCUT2D eigenvalue weighted by Gasteiger charge is 2.20. The second-order valence-corrected chi connectivity index (χ2v) is 8.82. The van der Waals surface area contributed by atoms with Crippen LogP contribution in [0.15, 0.2) is 60.9 Å². The van der Waals surface area contributed by atoms with Crippen molar-refractivity contribution in [1.82, 2.24) is 30.6 Å². The van der Waals surface area contributed by atoms with E-state index in [1.54, 1.807) is 0 Å². The molecule has 0 spiro atoms. The lowest BCUT2D eigenvalue weighted by molar-refractivity contribution is 0.483. The third kappa shape index (κ3) is 4.73. The average Bonchev–Trinajstić information content (AvgIpc) is 3.65. The van der Waals surface area contributed by atoms with E-state index < -0.39 is 0 Å². The molecule has 7 nitrogen and oxygen atoms in total. The van der Waals surface area contributed by atoms with Gasteiger partial charge >= 0.3 is 0 Å². The largest absolute Gasteiger partial charge is 0.457 e. The maximum absolute atomic E-state index is 6.14. The van der Waals surface area contributed by atoms with Gasteiger partial charge in [0.2, 0.25) is 0 Å². The number of halogens is 1. The minimum Gasteiger partial charge on any atom is -0.457 e. The number of H-pyrrole nitrogens is 2.